The molecule has 2 aromatic heterocycles. The number of allylic oxidation sites excluding steroid dienone is 3. The van der Waals surface area contributed by atoms with Crippen LogP contribution in [0.5, 0.6) is 5.88 Å². The Kier molecular flexibility index (Phi) is 8.28. The van der Waals surface area contributed by atoms with Crippen molar-refractivity contribution in [1.82, 2.24) is 20.6 Å². The Morgan fingerprint density at radius 2 is 2.18 bits per heavy atom. The molecule has 0 saturated heterocycles. The molecule has 0 fully saturated rings. The van der Waals surface area contributed by atoms with E-state index in [0.717, 1.165) is 28.1 Å². The van der Waals surface area contributed by atoms with Crippen LogP contribution in [0.25, 0.3) is 11.6 Å². The molecule has 3 heterocycles. The lowest BCUT2D eigenvalue weighted by Crippen LogP contribution is -2.38. The third-order valence-corrected chi connectivity index (χ3v) is 5.26. The lowest BCUT2D eigenvalue weighted by molar-refractivity contribution is 0.391. The van der Waals surface area contributed by atoms with Crippen molar-refractivity contribution in [3.63, 3.8) is 0 Å². The highest BCUT2D eigenvalue weighted by molar-refractivity contribution is 6.08. The molecule has 0 spiro atoms. The van der Waals surface area contributed by atoms with E-state index in [-0.39, 0.29) is 12.1 Å². The quantitative estimate of drug-likeness (QED) is 0.234. The maximum Gasteiger partial charge on any atom is 0.218 e. The van der Waals surface area contributed by atoms with Crippen molar-refractivity contribution >= 4 is 23.6 Å². The van der Waals surface area contributed by atoms with Gasteiger partial charge in [0, 0.05) is 48.1 Å². The SMILES string of the molecule is COc1ncccc1CN/C=C(\C=N)c1cnc2c(c1)NC(N/C(N)=C/C(=C\N)C(C)C)C=C2. The average Bonchev–Trinajstić information content (AvgIpc) is 2.84. The molecule has 0 amide bonds. The van der Waals surface area contributed by atoms with E-state index in [1.54, 1.807) is 31.9 Å². The summed E-state index contributed by atoms with van der Waals surface area (Å²) in [5.74, 6) is 1.35. The monoisotopic (exact) mass is 460 g/mol. The van der Waals surface area contributed by atoms with Crippen molar-refractivity contribution in [3.8, 4) is 5.88 Å². The summed E-state index contributed by atoms with van der Waals surface area (Å²) >= 11 is 0. The fourth-order valence-corrected chi connectivity index (χ4v) is 3.40. The molecule has 0 bridgehead atoms. The van der Waals surface area contributed by atoms with Crippen LogP contribution in [0.4, 0.5) is 5.69 Å². The van der Waals surface area contributed by atoms with Crippen molar-refractivity contribution in [3.05, 3.63) is 83.4 Å². The van der Waals surface area contributed by atoms with Gasteiger partial charge >= 0.3 is 0 Å². The number of nitrogens with zero attached hydrogens (tertiary/aromatic N) is 2. The van der Waals surface area contributed by atoms with E-state index in [1.807, 2.05) is 36.4 Å². The summed E-state index contributed by atoms with van der Waals surface area (Å²) in [5, 5.41) is 17.7. The summed E-state index contributed by atoms with van der Waals surface area (Å²) in [6, 6.07) is 5.76. The molecule has 34 heavy (non-hydrogen) atoms. The number of aromatic nitrogens is 2. The van der Waals surface area contributed by atoms with Gasteiger partial charge in [0.15, 0.2) is 0 Å². The van der Waals surface area contributed by atoms with Gasteiger partial charge in [-0.15, -0.1) is 0 Å². The number of nitrogens with one attached hydrogen (secondary N) is 4. The van der Waals surface area contributed by atoms with Crippen LogP contribution < -0.4 is 32.2 Å². The zero-order valence-electron chi connectivity index (χ0n) is 19.7. The Labute approximate surface area is 200 Å². The Morgan fingerprint density at radius 3 is 2.88 bits per heavy atom. The summed E-state index contributed by atoms with van der Waals surface area (Å²) in [4.78, 5) is 8.73. The van der Waals surface area contributed by atoms with Gasteiger partial charge in [0.25, 0.3) is 0 Å². The molecule has 0 saturated carbocycles. The van der Waals surface area contributed by atoms with E-state index < -0.39 is 0 Å². The highest BCUT2D eigenvalue weighted by atomic mass is 16.5. The minimum atomic E-state index is -0.212. The highest BCUT2D eigenvalue weighted by Crippen LogP contribution is 2.24. The minimum Gasteiger partial charge on any atom is -0.481 e. The van der Waals surface area contributed by atoms with Crippen LogP contribution in [0.1, 0.15) is 30.7 Å². The summed E-state index contributed by atoms with van der Waals surface area (Å²) in [5.41, 5.74) is 16.9. The maximum atomic E-state index is 7.86. The number of pyridine rings is 2. The first kappa shape index (κ1) is 24.4. The van der Waals surface area contributed by atoms with E-state index in [0.29, 0.717) is 23.8 Å². The Hall–Kier alpha value is -4.27. The van der Waals surface area contributed by atoms with E-state index >= 15 is 0 Å². The molecular weight excluding hydrogens is 428 g/mol. The van der Waals surface area contributed by atoms with Crippen molar-refractivity contribution in [2.75, 3.05) is 12.4 Å². The number of ether oxygens (including phenoxy) is 1. The first-order chi connectivity index (χ1) is 16.4. The van der Waals surface area contributed by atoms with Crippen LogP contribution in [0.15, 0.2) is 66.5 Å². The summed E-state index contributed by atoms with van der Waals surface area (Å²) in [6.45, 7) is 4.63. The van der Waals surface area contributed by atoms with Crippen molar-refractivity contribution in [1.29, 1.82) is 5.41 Å². The summed E-state index contributed by atoms with van der Waals surface area (Å²) in [6.07, 6.45) is 13.6. The second-order valence-electron chi connectivity index (χ2n) is 8.00. The lowest BCUT2D eigenvalue weighted by Gasteiger charge is -2.24. The van der Waals surface area contributed by atoms with Crippen LogP contribution in [0, 0.1) is 11.3 Å². The molecule has 8 N–H and O–H groups in total. The van der Waals surface area contributed by atoms with Gasteiger partial charge in [-0.2, -0.15) is 0 Å². The predicted octanol–water partition coefficient (Wildman–Crippen LogP) is 2.92. The number of rotatable bonds is 10. The van der Waals surface area contributed by atoms with Gasteiger partial charge in [-0.25, -0.2) is 4.98 Å². The van der Waals surface area contributed by atoms with Gasteiger partial charge in [-0.05, 0) is 48.1 Å². The zero-order chi connectivity index (χ0) is 24.5. The van der Waals surface area contributed by atoms with E-state index in [9.17, 15) is 0 Å². The van der Waals surface area contributed by atoms with E-state index in [4.69, 9.17) is 21.6 Å². The number of fused-ring (bicyclic) bond motifs is 1. The Balaban J connectivity index is 1.71. The number of nitrogens with two attached hydrogens (primary N) is 2. The Morgan fingerprint density at radius 1 is 1.35 bits per heavy atom. The number of hydrogen-bond acceptors (Lipinski definition) is 9. The second kappa shape index (κ2) is 11.6. The molecule has 178 valence electrons. The number of anilines is 1. The Bertz CT molecular complexity index is 1130. The van der Waals surface area contributed by atoms with Crippen molar-refractivity contribution in [2.45, 2.75) is 26.6 Å². The lowest BCUT2D eigenvalue weighted by atomic mass is 10.0. The minimum absolute atomic E-state index is 0.212. The van der Waals surface area contributed by atoms with Gasteiger partial charge in [-0.3, -0.25) is 4.98 Å². The fraction of sp³-hybridized carbons (Fsp3) is 0.240. The van der Waals surface area contributed by atoms with E-state index in [2.05, 4.69) is 39.8 Å². The van der Waals surface area contributed by atoms with Crippen molar-refractivity contribution in [2.24, 2.45) is 17.4 Å². The molecule has 1 unspecified atom stereocenters. The third-order valence-electron chi connectivity index (χ3n) is 5.26. The highest BCUT2D eigenvalue weighted by Gasteiger charge is 2.15. The number of methoxy groups -OCH3 is 1. The van der Waals surface area contributed by atoms with Gasteiger partial charge in [0.05, 0.1) is 24.3 Å². The summed E-state index contributed by atoms with van der Waals surface area (Å²) in [7, 11) is 1.59. The smallest absolute Gasteiger partial charge is 0.218 e. The van der Waals surface area contributed by atoms with Gasteiger partial charge in [0.1, 0.15) is 6.17 Å². The molecule has 0 aromatic carbocycles. The van der Waals surface area contributed by atoms with Crippen LogP contribution in [0.3, 0.4) is 0 Å². The number of hydrogen-bond donors (Lipinski definition) is 6. The first-order valence-electron chi connectivity index (χ1n) is 11.0. The van der Waals surface area contributed by atoms with Crippen LogP contribution in [-0.4, -0.2) is 29.5 Å². The van der Waals surface area contributed by atoms with E-state index in [1.165, 1.54) is 6.21 Å². The molecule has 9 heteroatoms. The second-order valence-corrected chi connectivity index (χ2v) is 8.00. The maximum absolute atomic E-state index is 7.86. The first-order valence-corrected chi connectivity index (χ1v) is 11.0. The summed E-state index contributed by atoms with van der Waals surface area (Å²) < 4.78 is 5.28. The van der Waals surface area contributed by atoms with Gasteiger partial charge < -0.3 is 37.6 Å². The average molecular weight is 461 g/mol. The largest absolute Gasteiger partial charge is 0.481 e. The van der Waals surface area contributed by atoms with Gasteiger partial charge in [-0.1, -0.05) is 19.9 Å². The molecule has 0 aliphatic carbocycles. The molecular formula is C25H32N8O. The normalized spacial score (nSPS) is 16.0. The van der Waals surface area contributed by atoms with Crippen molar-refractivity contribution < 1.29 is 4.74 Å². The van der Waals surface area contributed by atoms with Crippen LogP contribution in [-0.2, 0) is 6.54 Å². The predicted molar refractivity (Wildman–Crippen MR) is 138 cm³/mol. The molecule has 9 nitrogen and oxygen atoms in total. The molecule has 0 radical (unpaired) electrons. The van der Waals surface area contributed by atoms with Crippen LogP contribution in [0.2, 0.25) is 0 Å². The van der Waals surface area contributed by atoms with Gasteiger partial charge in [0.2, 0.25) is 5.88 Å². The molecule has 2 aromatic rings. The molecule has 1 aliphatic rings. The van der Waals surface area contributed by atoms with Crippen LogP contribution >= 0.6 is 0 Å². The molecule has 1 aliphatic heterocycles. The third kappa shape index (κ3) is 6.16. The molecule has 1 atom stereocenters. The zero-order valence-corrected chi connectivity index (χ0v) is 19.7. The standard InChI is InChI=1S/C25H32N8O/c1-16(2)18(11-26)10-23(28)33-24-7-6-21-22(32-24)9-19(15-31-21)20(12-27)14-29-13-17-5-4-8-30-25(17)34-3/h4-12,14-16,24,27,29,32-33H,13,26,28H2,1-3H3/b18-11+,20-14+,23-10+,27-12?. The fourth-order valence-electron chi connectivity index (χ4n) is 3.40. The topological polar surface area (TPSA) is 147 Å². The molecule has 3 rings (SSSR count).